The molecule has 0 aromatic heterocycles. The molecular weight excluding hydrogens is 392 g/mol. The Morgan fingerprint density at radius 3 is 2.42 bits per heavy atom. The quantitative estimate of drug-likeness (QED) is 0.778. The Kier molecular flexibility index (Phi) is 7.00. The molecule has 7 nitrogen and oxygen atoms in total. The van der Waals surface area contributed by atoms with E-state index in [0.29, 0.717) is 31.3 Å². The topological polar surface area (TPSA) is 79.1 Å². The molecule has 0 aliphatic carbocycles. The number of primary amides is 1. The van der Waals surface area contributed by atoms with Crippen LogP contribution in [0.1, 0.15) is 57.4 Å². The minimum atomic E-state index is -0.369. The van der Waals surface area contributed by atoms with E-state index in [1.54, 1.807) is 4.90 Å². The molecule has 2 saturated heterocycles. The molecule has 2 unspecified atom stereocenters. The Labute approximate surface area is 185 Å². The third-order valence-corrected chi connectivity index (χ3v) is 7.25. The molecule has 3 heterocycles. The van der Waals surface area contributed by atoms with Crippen LogP contribution in [0, 0.1) is 0 Å². The molecule has 0 saturated carbocycles. The number of nitrogens with two attached hydrogens (primary N) is 1. The maximum atomic E-state index is 12.4. The van der Waals surface area contributed by atoms with Crippen LogP contribution < -0.4 is 10.6 Å². The Balaban J connectivity index is 1.48. The van der Waals surface area contributed by atoms with Gasteiger partial charge in [0, 0.05) is 36.9 Å². The van der Waals surface area contributed by atoms with Gasteiger partial charge in [-0.25, -0.2) is 9.59 Å². The summed E-state index contributed by atoms with van der Waals surface area (Å²) in [6.45, 7) is 5.02. The molecule has 1 aromatic rings. The van der Waals surface area contributed by atoms with Crippen molar-refractivity contribution < 1.29 is 14.3 Å². The molecule has 3 aliphatic heterocycles. The lowest BCUT2D eigenvalue weighted by Gasteiger charge is -2.43. The number of para-hydroxylation sites is 1. The zero-order chi connectivity index (χ0) is 21.8. The average molecular weight is 429 g/mol. The molecule has 2 N–H and O–H groups in total. The second kappa shape index (κ2) is 9.90. The first-order valence-corrected chi connectivity index (χ1v) is 11.9. The van der Waals surface area contributed by atoms with E-state index >= 15 is 0 Å². The summed E-state index contributed by atoms with van der Waals surface area (Å²) < 4.78 is 5.32. The minimum absolute atomic E-state index is 0.133. The van der Waals surface area contributed by atoms with Gasteiger partial charge in [-0.1, -0.05) is 24.6 Å². The molecule has 0 radical (unpaired) electrons. The van der Waals surface area contributed by atoms with Gasteiger partial charge in [-0.2, -0.15) is 0 Å². The van der Waals surface area contributed by atoms with Crippen molar-refractivity contribution in [2.24, 2.45) is 5.73 Å². The highest BCUT2D eigenvalue weighted by atomic mass is 16.6. The predicted molar refractivity (Wildman–Crippen MR) is 121 cm³/mol. The SMILES string of the molecule is CCOC(=O)N1C2CCC1CC(N1CCCCCN(C(N)=O)c3ccccc3CC1)C2. The Morgan fingerprint density at radius 2 is 1.71 bits per heavy atom. The van der Waals surface area contributed by atoms with Crippen molar-refractivity contribution >= 4 is 17.8 Å². The van der Waals surface area contributed by atoms with Crippen LogP contribution in [0.4, 0.5) is 15.3 Å². The van der Waals surface area contributed by atoms with Crippen molar-refractivity contribution in [1.82, 2.24) is 9.80 Å². The highest BCUT2D eigenvalue weighted by Gasteiger charge is 2.45. The van der Waals surface area contributed by atoms with Crippen LogP contribution in [-0.2, 0) is 11.2 Å². The highest BCUT2D eigenvalue weighted by Crippen LogP contribution is 2.38. The molecule has 2 atom stereocenters. The number of carbonyl (C=O) groups excluding carboxylic acids is 2. The van der Waals surface area contributed by atoms with Crippen molar-refractivity contribution in [2.75, 3.05) is 31.1 Å². The van der Waals surface area contributed by atoms with E-state index < -0.39 is 0 Å². The van der Waals surface area contributed by atoms with Gasteiger partial charge < -0.3 is 15.4 Å². The van der Waals surface area contributed by atoms with Crippen LogP contribution in [0.15, 0.2) is 24.3 Å². The van der Waals surface area contributed by atoms with Gasteiger partial charge in [-0.05, 0) is 70.0 Å². The number of amides is 3. The van der Waals surface area contributed by atoms with Gasteiger partial charge >= 0.3 is 12.1 Å². The summed E-state index contributed by atoms with van der Waals surface area (Å²) in [4.78, 5) is 30.9. The molecule has 0 spiro atoms. The lowest BCUT2D eigenvalue weighted by atomic mass is 9.95. The molecule has 170 valence electrons. The van der Waals surface area contributed by atoms with Crippen molar-refractivity contribution in [3.05, 3.63) is 29.8 Å². The van der Waals surface area contributed by atoms with E-state index in [1.165, 1.54) is 5.56 Å². The molecule has 7 heteroatoms. The number of hydrogen-bond donors (Lipinski definition) is 1. The zero-order valence-corrected chi connectivity index (χ0v) is 18.7. The molecule has 2 fully saturated rings. The van der Waals surface area contributed by atoms with Crippen LogP contribution in [0.25, 0.3) is 0 Å². The van der Waals surface area contributed by atoms with E-state index in [1.807, 2.05) is 30.0 Å². The largest absolute Gasteiger partial charge is 0.450 e. The predicted octanol–water partition coefficient (Wildman–Crippen LogP) is 3.75. The summed E-state index contributed by atoms with van der Waals surface area (Å²) in [6, 6.07) is 8.90. The van der Waals surface area contributed by atoms with Gasteiger partial charge in [0.2, 0.25) is 0 Å². The summed E-state index contributed by atoms with van der Waals surface area (Å²) in [5, 5.41) is 0. The smallest absolute Gasteiger partial charge is 0.410 e. The van der Waals surface area contributed by atoms with E-state index in [4.69, 9.17) is 10.5 Å². The maximum absolute atomic E-state index is 12.4. The Bertz CT molecular complexity index is 772. The maximum Gasteiger partial charge on any atom is 0.410 e. The number of benzene rings is 1. The number of carbonyl (C=O) groups is 2. The van der Waals surface area contributed by atoms with Crippen LogP contribution in [0.2, 0.25) is 0 Å². The lowest BCUT2D eigenvalue weighted by Crippen LogP contribution is -2.53. The first-order valence-electron chi connectivity index (χ1n) is 11.9. The summed E-state index contributed by atoms with van der Waals surface area (Å²) in [5.74, 6) is 0. The Morgan fingerprint density at radius 1 is 1.00 bits per heavy atom. The van der Waals surface area contributed by atoms with Gasteiger partial charge in [-0.15, -0.1) is 0 Å². The molecule has 3 aliphatic rings. The first-order chi connectivity index (χ1) is 15.1. The fourth-order valence-electron chi connectivity index (χ4n) is 5.78. The van der Waals surface area contributed by atoms with Crippen molar-refractivity contribution in [1.29, 1.82) is 0 Å². The number of nitrogens with zero attached hydrogens (tertiary/aromatic N) is 3. The zero-order valence-electron chi connectivity index (χ0n) is 18.7. The van der Waals surface area contributed by atoms with Crippen molar-refractivity contribution in [3.8, 4) is 0 Å². The fourth-order valence-corrected chi connectivity index (χ4v) is 5.78. The van der Waals surface area contributed by atoms with E-state index in [9.17, 15) is 9.59 Å². The van der Waals surface area contributed by atoms with Gasteiger partial charge in [-0.3, -0.25) is 9.80 Å². The number of hydrogen-bond acceptors (Lipinski definition) is 4. The molecule has 2 bridgehead atoms. The van der Waals surface area contributed by atoms with Gasteiger partial charge in [0.25, 0.3) is 0 Å². The number of rotatable bonds is 2. The summed E-state index contributed by atoms with van der Waals surface area (Å²) in [6.07, 6.45) is 8.16. The van der Waals surface area contributed by atoms with Crippen LogP contribution >= 0.6 is 0 Å². The van der Waals surface area contributed by atoms with Crippen molar-refractivity contribution in [2.45, 2.75) is 76.4 Å². The fraction of sp³-hybridized carbons (Fsp3) is 0.667. The lowest BCUT2D eigenvalue weighted by molar-refractivity contribution is 0.0408. The van der Waals surface area contributed by atoms with Crippen LogP contribution in [-0.4, -0.2) is 66.3 Å². The summed E-state index contributed by atoms with van der Waals surface area (Å²) >= 11 is 0. The van der Waals surface area contributed by atoms with E-state index in [-0.39, 0.29) is 12.1 Å². The molecular formula is C24H36N4O3. The molecule has 3 amide bonds. The Hall–Kier alpha value is -2.28. The number of piperidine rings is 1. The number of fused-ring (bicyclic) bond motifs is 3. The van der Waals surface area contributed by atoms with Gasteiger partial charge in [0.1, 0.15) is 0 Å². The van der Waals surface area contributed by atoms with Crippen LogP contribution in [0.5, 0.6) is 0 Å². The van der Waals surface area contributed by atoms with E-state index in [0.717, 1.165) is 70.1 Å². The summed E-state index contributed by atoms with van der Waals surface area (Å²) in [5.41, 5.74) is 7.84. The van der Waals surface area contributed by atoms with Crippen LogP contribution in [0.3, 0.4) is 0 Å². The van der Waals surface area contributed by atoms with Gasteiger partial charge in [0.05, 0.1) is 6.61 Å². The van der Waals surface area contributed by atoms with E-state index in [2.05, 4.69) is 11.0 Å². The minimum Gasteiger partial charge on any atom is -0.450 e. The third kappa shape index (κ3) is 4.81. The number of urea groups is 1. The normalized spacial score (nSPS) is 27.3. The molecule has 4 rings (SSSR count). The molecule has 31 heavy (non-hydrogen) atoms. The first kappa shape index (κ1) is 21.9. The number of anilines is 1. The summed E-state index contributed by atoms with van der Waals surface area (Å²) in [7, 11) is 0. The third-order valence-electron chi connectivity index (χ3n) is 7.25. The second-order valence-electron chi connectivity index (χ2n) is 9.08. The molecule has 1 aromatic carbocycles. The van der Waals surface area contributed by atoms with Gasteiger partial charge in [0.15, 0.2) is 0 Å². The number of ether oxygens (including phenoxy) is 1. The van der Waals surface area contributed by atoms with Crippen molar-refractivity contribution in [3.63, 3.8) is 0 Å². The highest BCUT2D eigenvalue weighted by molar-refractivity contribution is 5.91. The average Bonchev–Trinajstić information content (AvgIpc) is 3.00. The standard InChI is InChI=1S/C24H36N4O3/c1-2-31-24(30)28-19-10-11-20(28)17-21(16-19)26-13-6-3-7-14-27(23(25)29)22-9-5-4-8-18(22)12-15-26/h4-5,8-9,19-21H,2-3,6-7,10-17H2,1H3,(H2,25,29). The monoisotopic (exact) mass is 428 g/mol. The second-order valence-corrected chi connectivity index (χ2v) is 9.08.